The smallest absolute Gasteiger partial charge is 0.456 e. The van der Waals surface area contributed by atoms with Crippen LogP contribution in [0.2, 0.25) is 0 Å². The van der Waals surface area contributed by atoms with Crippen molar-refractivity contribution in [3.63, 3.8) is 0 Å². The van der Waals surface area contributed by atoms with E-state index in [0.717, 1.165) is 11.1 Å². The molecule has 5 aromatic rings. The molecule has 0 radical (unpaired) electrons. The molecule has 0 aliphatic carbocycles. The minimum atomic E-state index is -1.05. The first-order valence-corrected chi connectivity index (χ1v) is 11.3. The van der Waals surface area contributed by atoms with Crippen LogP contribution >= 0.6 is 0 Å². The Bertz CT molecular complexity index is 1820. The molecule has 3 nitrogen and oxygen atoms in total. The van der Waals surface area contributed by atoms with Gasteiger partial charge in [0.15, 0.2) is 0 Å². The lowest BCUT2D eigenvalue weighted by Crippen LogP contribution is -2.41. The molecule has 1 aromatic heterocycles. The van der Waals surface area contributed by atoms with Gasteiger partial charge < -0.3 is 13.7 Å². The highest BCUT2D eigenvalue weighted by Crippen LogP contribution is 2.39. The Morgan fingerprint density at radius 3 is 2.21 bits per heavy atom. The molecule has 4 heteroatoms. The standard InChI is InChI=1S/C30H27BO3/c1-29(2)30(3,4)34-31(33-29)23-16-17-25-27(19-23)32-26-15-9-14-24(28(25)26)22-13-8-12-21(18-22)20-10-6-5-7-11-20/h5-19H,1-4H3/i9D,14D,15D,16D,17D,19D. The summed E-state index contributed by atoms with van der Waals surface area (Å²) in [7, 11) is -1.05. The van der Waals surface area contributed by atoms with E-state index in [1.54, 1.807) is 0 Å². The van der Waals surface area contributed by atoms with Gasteiger partial charge in [-0.3, -0.25) is 0 Å². The number of benzene rings is 4. The molecule has 0 spiro atoms. The van der Waals surface area contributed by atoms with E-state index in [0.29, 0.717) is 11.1 Å². The molecular formula is C30H27BO3. The van der Waals surface area contributed by atoms with Crippen molar-refractivity contribution < 1.29 is 22.0 Å². The maximum atomic E-state index is 9.02. The maximum Gasteiger partial charge on any atom is 0.494 e. The van der Waals surface area contributed by atoms with Crippen LogP contribution in [-0.4, -0.2) is 18.3 Å². The lowest BCUT2D eigenvalue weighted by atomic mass is 9.79. The molecule has 6 rings (SSSR count). The van der Waals surface area contributed by atoms with E-state index in [2.05, 4.69) is 0 Å². The van der Waals surface area contributed by atoms with Gasteiger partial charge in [-0.2, -0.15) is 0 Å². The maximum absolute atomic E-state index is 9.02. The Morgan fingerprint density at radius 1 is 0.735 bits per heavy atom. The highest BCUT2D eigenvalue weighted by molar-refractivity contribution is 6.62. The third-order valence-corrected chi connectivity index (χ3v) is 6.84. The van der Waals surface area contributed by atoms with E-state index in [4.69, 9.17) is 22.0 Å². The van der Waals surface area contributed by atoms with Gasteiger partial charge in [-0.15, -0.1) is 0 Å². The Morgan fingerprint density at radius 2 is 1.44 bits per heavy atom. The lowest BCUT2D eigenvalue weighted by Gasteiger charge is -2.32. The second-order valence-corrected chi connectivity index (χ2v) is 9.58. The fourth-order valence-corrected chi connectivity index (χ4v) is 4.24. The largest absolute Gasteiger partial charge is 0.494 e. The highest BCUT2D eigenvalue weighted by Gasteiger charge is 2.51. The summed E-state index contributed by atoms with van der Waals surface area (Å²) in [5.74, 6) is 0. The highest BCUT2D eigenvalue weighted by atomic mass is 16.7. The van der Waals surface area contributed by atoms with Crippen molar-refractivity contribution in [2.45, 2.75) is 38.9 Å². The zero-order valence-electron chi connectivity index (χ0n) is 25.5. The number of hydrogen-bond donors (Lipinski definition) is 0. The van der Waals surface area contributed by atoms with Gasteiger partial charge >= 0.3 is 7.12 Å². The van der Waals surface area contributed by atoms with E-state index in [-0.39, 0.29) is 63.7 Å². The normalized spacial score (nSPS) is 19.5. The second-order valence-electron chi connectivity index (χ2n) is 9.58. The van der Waals surface area contributed by atoms with Crippen molar-refractivity contribution >= 4 is 34.5 Å². The summed E-state index contributed by atoms with van der Waals surface area (Å²) in [4.78, 5) is 0. The number of hydrogen-bond acceptors (Lipinski definition) is 3. The van der Waals surface area contributed by atoms with Gasteiger partial charge in [0.2, 0.25) is 0 Å². The molecule has 34 heavy (non-hydrogen) atoms. The molecule has 1 fully saturated rings. The van der Waals surface area contributed by atoms with Gasteiger partial charge in [-0.1, -0.05) is 72.7 Å². The van der Waals surface area contributed by atoms with E-state index in [9.17, 15) is 0 Å². The van der Waals surface area contributed by atoms with Crippen molar-refractivity contribution in [1.29, 1.82) is 0 Å². The molecular weight excluding hydrogens is 419 g/mol. The molecule has 1 saturated heterocycles. The number of fused-ring (bicyclic) bond motifs is 3. The predicted octanol–water partition coefficient (Wildman–Crippen LogP) is 7.22. The average Bonchev–Trinajstić information content (AvgIpc) is 3.41. The van der Waals surface area contributed by atoms with Gasteiger partial charge in [0, 0.05) is 10.8 Å². The molecule has 168 valence electrons. The molecule has 1 aliphatic heterocycles. The van der Waals surface area contributed by atoms with Crippen LogP contribution in [0.5, 0.6) is 0 Å². The van der Waals surface area contributed by atoms with Gasteiger partial charge in [0.05, 0.1) is 19.4 Å². The van der Waals surface area contributed by atoms with Gasteiger partial charge in [-0.25, -0.2) is 0 Å². The van der Waals surface area contributed by atoms with Crippen molar-refractivity contribution in [1.82, 2.24) is 0 Å². The Kier molecular flexibility index (Phi) is 3.47. The van der Waals surface area contributed by atoms with Gasteiger partial charge in [0.25, 0.3) is 0 Å². The Labute approximate surface area is 208 Å². The number of furan rings is 1. The fourth-order valence-electron chi connectivity index (χ4n) is 4.24. The summed E-state index contributed by atoms with van der Waals surface area (Å²) in [6, 6.07) is 15.8. The van der Waals surface area contributed by atoms with E-state index in [1.165, 1.54) is 0 Å². The molecule has 1 aliphatic rings. The molecule has 0 bridgehead atoms. The van der Waals surface area contributed by atoms with Crippen molar-refractivity contribution in [2.75, 3.05) is 0 Å². The summed E-state index contributed by atoms with van der Waals surface area (Å²) in [6.07, 6.45) is 0. The Balaban J connectivity index is 1.66. The van der Waals surface area contributed by atoms with Gasteiger partial charge in [0.1, 0.15) is 11.2 Å². The molecule has 0 amide bonds. The summed E-state index contributed by atoms with van der Waals surface area (Å²) in [6.45, 7) is 7.48. The van der Waals surface area contributed by atoms with E-state index < -0.39 is 18.3 Å². The average molecular weight is 452 g/mol. The fraction of sp³-hybridized carbons (Fsp3) is 0.200. The predicted molar refractivity (Wildman–Crippen MR) is 140 cm³/mol. The minimum Gasteiger partial charge on any atom is -0.456 e. The van der Waals surface area contributed by atoms with Gasteiger partial charge in [-0.05, 0) is 73.6 Å². The quantitative estimate of drug-likeness (QED) is 0.271. The van der Waals surface area contributed by atoms with Crippen LogP contribution in [0.15, 0.2) is 95.3 Å². The SMILES string of the molecule is [2H]c1c([2H])c(-c2cccc(-c3ccccc3)c2)c2c(oc3c([2H])c(B4OC(C)(C)C(C)(C)O4)c([2H])c([2H])c32)c1[2H]. The van der Waals surface area contributed by atoms with Crippen LogP contribution in [0.25, 0.3) is 44.2 Å². The Hall–Kier alpha value is -3.34. The topological polar surface area (TPSA) is 31.6 Å². The van der Waals surface area contributed by atoms with E-state index in [1.807, 2.05) is 82.3 Å². The first-order valence-electron chi connectivity index (χ1n) is 14.3. The molecule has 0 saturated carbocycles. The second kappa shape index (κ2) is 7.59. The van der Waals surface area contributed by atoms with Crippen LogP contribution in [0, 0.1) is 0 Å². The zero-order chi connectivity index (χ0) is 28.7. The van der Waals surface area contributed by atoms with Crippen molar-refractivity contribution in [2.24, 2.45) is 0 Å². The first kappa shape index (κ1) is 15.5. The lowest BCUT2D eigenvalue weighted by molar-refractivity contribution is 0.00578. The third-order valence-electron chi connectivity index (χ3n) is 6.84. The first-order chi connectivity index (χ1) is 18.8. The van der Waals surface area contributed by atoms with Crippen molar-refractivity contribution in [3.8, 4) is 22.3 Å². The van der Waals surface area contributed by atoms with Crippen LogP contribution < -0.4 is 5.46 Å². The van der Waals surface area contributed by atoms with Crippen LogP contribution in [-0.2, 0) is 9.31 Å². The summed E-state index contributed by atoms with van der Waals surface area (Å²) in [5, 5.41) is 0.436. The summed E-state index contributed by atoms with van der Waals surface area (Å²) < 4.78 is 71.2. The van der Waals surface area contributed by atoms with E-state index >= 15 is 0 Å². The minimum absolute atomic E-state index is 0.000300. The third kappa shape index (κ3) is 3.37. The molecule has 0 atom stereocenters. The van der Waals surface area contributed by atoms with Crippen LogP contribution in [0.4, 0.5) is 0 Å². The van der Waals surface area contributed by atoms with Crippen LogP contribution in [0.3, 0.4) is 0 Å². The van der Waals surface area contributed by atoms with Crippen molar-refractivity contribution in [3.05, 3.63) is 90.9 Å². The summed E-state index contributed by atoms with van der Waals surface area (Å²) in [5.41, 5.74) is 1.46. The molecule has 2 heterocycles. The summed E-state index contributed by atoms with van der Waals surface area (Å²) >= 11 is 0. The zero-order valence-corrected chi connectivity index (χ0v) is 19.5. The monoisotopic (exact) mass is 452 g/mol. The van der Waals surface area contributed by atoms with Crippen LogP contribution in [0.1, 0.15) is 35.9 Å². The number of rotatable bonds is 3. The molecule has 0 unspecified atom stereocenters. The molecule has 4 aromatic carbocycles. The molecule has 0 N–H and O–H groups in total.